The number of methoxy groups -OCH3 is 1. The van der Waals surface area contributed by atoms with Crippen LogP contribution in [0.2, 0.25) is 0 Å². The third-order valence-corrected chi connectivity index (χ3v) is 8.71. The summed E-state index contributed by atoms with van der Waals surface area (Å²) >= 11 is 5.22. The quantitative estimate of drug-likeness (QED) is 0.137. The molecule has 3 rings (SSSR count). The number of carbonyl (C=O) groups is 1. The van der Waals surface area contributed by atoms with Crippen LogP contribution < -0.4 is 0 Å². The van der Waals surface area contributed by atoms with Crippen molar-refractivity contribution < 1.29 is 29.6 Å². The molecule has 1 heterocycles. The second-order valence-corrected chi connectivity index (χ2v) is 12.3. The molecule has 3 N–H and O–H groups in total. The fourth-order valence-electron chi connectivity index (χ4n) is 4.84. The van der Waals surface area contributed by atoms with Gasteiger partial charge in [-0.3, -0.25) is 0 Å². The topological polar surface area (TPSA) is 96.2 Å². The van der Waals surface area contributed by atoms with Gasteiger partial charge in [0.05, 0.1) is 34.3 Å². The molecule has 1 fully saturated rings. The van der Waals surface area contributed by atoms with E-state index in [1.54, 1.807) is 42.7 Å². The standard InChI is InChI=1S/C30H39BrO6S/c1-36-22(13-15-24-16-18-29(31)38-24)14-17-26-25(27(33)19-28(26)34)12-8-3-2-7-11-23(20-32)37-30(35)21-9-5-4-6-10-21/h3-6,8-10,14,16-18,22-23,25-28,32-34H,2,7,11-13,15,19-20H2,1H3/b8-3-,17-14+/t22-,23+,25+,26+,27-,28+/m0/s1. The van der Waals surface area contributed by atoms with Crippen LogP contribution in [0.25, 0.3) is 0 Å². The molecule has 0 spiro atoms. The van der Waals surface area contributed by atoms with Crippen LogP contribution in [0.1, 0.15) is 53.8 Å². The molecule has 0 bridgehead atoms. The van der Waals surface area contributed by atoms with Crippen LogP contribution in [-0.2, 0) is 15.9 Å². The third kappa shape index (κ3) is 9.74. The maximum atomic E-state index is 12.2. The Bertz CT molecular complexity index is 1020. The summed E-state index contributed by atoms with van der Waals surface area (Å²) in [6.07, 6.45) is 11.4. The Kier molecular flexibility index (Phi) is 13.2. The first kappa shape index (κ1) is 30.7. The number of halogens is 1. The number of benzene rings is 1. The monoisotopic (exact) mass is 606 g/mol. The van der Waals surface area contributed by atoms with E-state index in [0.717, 1.165) is 29.5 Å². The van der Waals surface area contributed by atoms with E-state index in [1.165, 1.54) is 4.88 Å². The molecule has 38 heavy (non-hydrogen) atoms. The number of allylic oxidation sites excluding steroid dienone is 2. The van der Waals surface area contributed by atoms with Crippen molar-refractivity contribution in [2.75, 3.05) is 13.7 Å². The number of esters is 1. The summed E-state index contributed by atoms with van der Waals surface area (Å²) in [6.45, 7) is -0.213. The Hall–Kier alpha value is -1.81. The molecule has 6 nitrogen and oxygen atoms in total. The van der Waals surface area contributed by atoms with Crippen LogP contribution in [0.15, 0.2) is 70.6 Å². The summed E-state index contributed by atoms with van der Waals surface area (Å²) in [6, 6.07) is 12.9. The van der Waals surface area contributed by atoms with Gasteiger partial charge in [0, 0.05) is 24.3 Å². The summed E-state index contributed by atoms with van der Waals surface area (Å²) in [5.74, 6) is -0.608. The molecule has 1 aromatic carbocycles. The zero-order valence-corrected chi connectivity index (χ0v) is 24.2. The van der Waals surface area contributed by atoms with Gasteiger partial charge in [-0.25, -0.2) is 4.79 Å². The highest BCUT2D eigenvalue weighted by molar-refractivity contribution is 9.11. The Morgan fingerprint density at radius 3 is 2.61 bits per heavy atom. The lowest BCUT2D eigenvalue weighted by Crippen LogP contribution is -2.22. The Morgan fingerprint density at radius 2 is 1.92 bits per heavy atom. The van der Waals surface area contributed by atoms with Gasteiger partial charge in [0.15, 0.2) is 0 Å². The second kappa shape index (κ2) is 16.3. The van der Waals surface area contributed by atoms with E-state index in [9.17, 15) is 20.1 Å². The first-order valence-electron chi connectivity index (χ1n) is 13.2. The van der Waals surface area contributed by atoms with Gasteiger partial charge < -0.3 is 24.8 Å². The largest absolute Gasteiger partial charge is 0.456 e. The van der Waals surface area contributed by atoms with Crippen LogP contribution >= 0.6 is 27.3 Å². The van der Waals surface area contributed by atoms with Crippen molar-refractivity contribution in [1.29, 1.82) is 0 Å². The van der Waals surface area contributed by atoms with E-state index in [2.05, 4.69) is 40.2 Å². The molecule has 0 radical (unpaired) electrons. The molecule has 6 atom stereocenters. The summed E-state index contributed by atoms with van der Waals surface area (Å²) in [5, 5.41) is 30.7. The highest BCUT2D eigenvalue weighted by Gasteiger charge is 2.39. The van der Waals surface area contributed by atoms with E-state index in [-0.39, 0.29) is 24.5 Å². The lowest BCUT2D eigenvalue weighted by Gasteiger charge is -2.20. The van der Waals surface area contributed by atoms with Gasteiger partial charge in [0.1, 0.15) is 6.10 Å². The van der Waals surface area contributed by atoms with Crippen LogP contribution in [0.4, 0.5) is 0 Å². The maximum absolute atomic E-state index is 12.2. The van der Waals surface area contributed by atoms with Crippen molar-refractivity contribution >= 4 is 33.2 Å². The zero-order valence-electron chi connectivity index (χ0n) is 21.8. The number of unbranched alkanes of at least 4 members (excludes halogenated alkanes) is 1. The molecule has 1 aliphatic carbocycles. The second-order valence-electron chi connectivity index (χ2n) is 9.73. The number of aliphatic hydroxyl groups is 3. The normalized spacial score (nSPS) is 23.3. The Balaban J connectivity index is 1.42. The van der Waals surface area contributed by atoms with Gasteiger partial charge in [-0.2, -0.15) is 0 Å². The van der Waals surface area contributed by atoms with Crippen LogP contribution in [0.5, 0.6) is 0 Å². The van der Waals surface area contributed by atoms with Crippen molar-refractivity contribution in [1.82, 2.24) is 0 Å². The Morgan fingerprint density at radius 1 is 1.13 bits per heavy atom. The predicted octanol–water partition coefficient (Wildman–Crippen LogP) is 5.71. The summed E-state index contributed by atoms with van der Waals surface area (Å²) in [5.41, 5.74) is 0.472. The van der Waals surface area contributed by atoms with Crippen molar-refractivity contribution in [3.63, 3.8) is 0 Å². The van der Waals surface area contributed by atoms with Crippen molar-refractivity contribution in [3.8, 4) is 0 Å². The van der Waals surface area contributed by atoms with Crippen LogP contribution in [0, 0.1) is 11.8 Å². The SMILES string of the molecule is CO[C@H](/C=C/[C@@H]1[C@@H](C/C=C\CCC[C@H](CO)OC(=O)c2ccccc2)[C@@H](O)C[C@H]1O)CCc1ccc(Br)s1. The third-order valence-electron chi connectivity index (χ3n) is 7.03. The molecular formula is C30H39BrO6S. The van der Waals surface area contributed by atoms with Crippen molar-refractivity contribution in [3.05, 3.63) is 81.0 Å². The molecule has 0 saturated heterocycles. The van der Waals surface area contributed by atoms with Gasteiger partial charge in [-0.05, 0) is 84.6 Å². The molecule has 0 aliphatic heterocycles. The highest BCUT2D eigenvalue weighted by atomic mass is 79.9. The van der Waals surface area contributed by atoms with Crippen molar-refractivity contribution in [2.45, 2.75) is 69.4 Å². The van der Waals surface area contributed by atoms with Gasteiger partial charge in [0.2, 0.25) is 0 Å². The predicted molar refractivity (Wildman–Crippen MR) is 154 cm³/mol. The van der Waals surface area contributed by atoms with Gasteiger partial charge >= 0.3 is 5.97 Å². The summed E-state index contributed by atoms with van der Waals surface area (Å²) < 4.78 is 12.2. The molecule has 208 valence electrons. The number of aryl methyl sites for hydroxylation is 1. The average Bonchev–Trinajstić information content (AvgIpc) is 3.46. The molecule has 0 unspecified atom stereocenters. The fourth-order valence-corrected chi connectivity index (χ4v) is 6.34. The van der Waals surface area contributed by atoms with E-state index in [1.807, 2.05) is 18.2 Å². The summed E-state index contributed by atoms with van der Waals surface area (Å²) in [7, 11) is 1.70. The van der Waals surface area contributed by atoms with Gasteiger partial charge in [-0.1, -0.05) is 42.5 Å². The minimum Gasteiger partial charge on any atom is -0.456 e. The number of rotatable bonds is 15. The molecular weight excluding hydrogens is 568 g/mol. The maximum Gasteiger partial charge on any atom is 0.338 e. The van der Waals surface area contributed by atoms with E-state index >= 15 is 0 Å². The number of thiophene rings is 1. The molecule has 1 saturated carbocycles. The van der Waals surface area contributed by atoms with Gasteiger partial charge in [0.25, 0.3) is 0 Å². The first-order valence-corrected chi connectivity index (χ1v) is 14.9. The average molecular weight is 608 g/mol. The zero-order chi connectivity index (χ0) is 27.3. The van der Waals surface area contributed by atoms with Gasteiger partial charge in [-0.15, -0.1) is 11.3 Å². The number of aliphatic hydroxyl groups excluding tert-OH is 3. The van der Waals surface area contributed by atoms with Crippen LogP contribution in [-0.4, -0.2) is 59.4 Å². The van der Waals surface area contributed by atoms with Crippen molar-refractivity contribution in [2.24, 2.45) is 11.8 Å². The highest BCUT2D eigenvalue weighted by Crippen LogP contribution is 2.36. The molecule has 2 aromatic rings. The number of ether oxygens (including phenoxy) is 2. The molecule has 1 aromatic heterocycles. The molecule has 0 amide bonds. The Labute approximate surface area is 238 Å². The molecule has 1 aliphatic rings. The minimum absolute atomic E-state index is 0.0486. The lowest BCUT2D eigenvalue weighted by molar-refractivity contribution is 0.0110. The number of hydrogen-bond donors (Lipinski definition) is 3. The van der Waals surface area contributed by atoms with E-state index < -0.39 is 24.3 Å². The fraction of sp³-hybridized carbons (Fsp3) is 0.500. The lowest BCUT2D eigenvalue weighted by atomic mass is 9.89. The first-order chi connectivity index (χ1) is 18.4. The van der Waals surface area contributed by atoms with E-state index in [0.29, 0.717) is 24.8 Å². The minimum atomic E-state index is -0.574. The van der Waals surface area contributed by atoms with E-state index in [4.69, 9.17) is 9.47 Å². The smallest absolute Gasteiger partial charge is 0.338 e. The summed E-state index contributed by atoms with van der Waals surface area (Å²) in [4.78, 5) is 13.5. The van der Waals surface area contributed by atoms with Crippen LogP contribution in [0.3, 0.4) is 0 Å². The number of hydrogen-bond acceptors (Lipinski definition) is 7. The molecule has 8 heteroatoms. The number of carbonyl (C=O) groups excluding carboxylic acids is 1.